The van der Waals surface area contributed by atoms with Gasteiger partial charge in [0.05, 0.1) is 11.9 Å². The predicted octanol–water partition coefficient (Wildman–Crippen LogP) is 1.80. The predicted molar refractivity (Wildman–Crippen MR) is 77.4 cm³/mol. The van der Waals surface area contributed by atoms with Gasteiger partial charge in [-0.2, -0.15) is 0 Å². The SMILES string of the molecule is CCC1(CC)NC(=O)CCN(c2cnccc2C)C1=O. The summed E-state index contributed by atoms with van der Waals surface area (Å²) >= 11 is 0. The normalized spacial score (nSPS) is 18.6. The summed E-state index contributed by atoms with van der Waals surface area (Å²) in [6.45, 7) is 6.21. The standard InChI is InChI=1S/C15H21N3O2/c1-4-15(5-2)14(20)18(9-7-13(19)17-15)12-10-16-8-6-11(12)3/h6,8,10H,4-5,7,9H2,1-3H3,(H,17,19). The van der Waals surface area contributed by atoms with Crippen molar-refractivity contribution in [2.24, 2.45) is 0 Å². The average molecular weight is 275 g/mol. The molecule has 0 bridgehead atoms. The second kappa shape index (κ2) is 5.61. The van der Waals surface area contributed by atoms with E-state index in [4.69, 9.17) is 0 Å². The Hall–Kier alpha value is -1.91. The lowest BCUT2D eigenvalue weighted by Gasteiger charge is -2.34. The summed E-state index contributed by atoms with van der Waals surface area (Å²) in [4.78, 5) is 30.6. The monoisotopic (exact) mass is 275 g/mol. The third-order valence-electron chi connectivity index (χ3n) is 4.11. The molecule has 0 aliphatic carbocycles. The van der Waals surface area contributed by atoms with Crippen molar-refractivity contribution in [2.75, 3.05) is 11.4 Å². The number of pyridine rings is 1. The second-order valence-electron chi connectivity index (χ2n) is 5.21. The van der Waals surface area contributed by atoms with Crippen LogP contribution in [-0.2, 0) is 9.59 Å². The smallest absolute Gasteiger partial charge is 0.252 e. The van der Waals surface area contributed by atoms with Crippen LogP contribution in [0.2, 0.25) is 0 Å². The maximum Gasteiger partial charge on any atom is 0.252 e. The Morgan fingerprint density at radius 3 is 2.65 bits per heavy atom. The highest BCUT2D eigenvalue weighted by atomic mass is 16.2. The van der Waals surface area contributed by atoms with E-state index in [-0.39, 0.29) is 11.8 Å². The first-order chi connectivity index (χ1) is 9.54. The van der Waals surface area contributed by atoms with E-state index in [1.54, 1.807) is 17.3 Å². The van der Waals surface area contributed by atoms with Crippen LogP contribution in [0, 0.1) is 6.92 Å². The van der Waals surface area contributed by atoms with Crippen LogP contribution in [0.3, 0.4) is 0 Å². The molecule has 0 saturated carbocycles. The molecule has 1 aromatic rings. The number of aryl methyl sites for hydroxylation is 1. The van der Waals surface area contributed by atoms with E-state index in [0.717, 1.165) is 11.3 Å². The van der Waals surface area contributed by atoms with Gasteiger partial charge in [0, 0.05) is 19.2 Å². The molecule has 1 fully saturated rings. The van der Waals surface area contributed by atoms with Crippen molar-refractivity contribution in [1.82, 2.24) is 10.3 Å². The minimum Gasteiger partial charge on any atom is -0.342 e. The fourth-order valence-corrected chi connectivity index (χ4v) is 2.65. The topological polar surface area (TPSA) is 62.3 Å². The molecule has 5 nitrogen and oxygen atoms in total. The highest BCUT2D eigenvalue weighted by Gasteiger charge is 2.42. The molecule has 0 unspecified atom stereocenters. The first kappa shape index (κ1) is 14.5. The second-order valence-corrected chi connectivity index (χ2v) is 5.21. The minimum atomic E-state index is -0.796. The number of amides is 2. The van der Waals surface area contributed by atoms with Crippen molar-refractivity contribution in [1.29, 1.82) is 0 Å². The lowest BCUT2D eigenvalue weighted by molar-refractivity contribution is -0.130. The van der Waals surface area contributed by atoms with Crippen LogP contribution >= 0.6 is 0 Å². The fourth-order valence-electron chi connectivity index (χ4n) is 2.65. The van der Waals surface area contributed by atoms with E-state index in [2.05, 4.69) is 10.3 Å². The zero-order valence-electron chi connectivity index (χ0n) is 12.3. The van der Waals surface area contributed by atoms with Gasteiger partial charge in [-0.25, -0.2) is 0 Å². The Labute approximate surface area is 119 Å². The van der Waals surface area contributed by atoms with Crippen molar-refractivity contribution >= 4 is 17.5 Å². The first-order valence-electron chi connectivity index (χ1n) is 7.07. The molecule has 2 amide bonds. The summed E-state index contributed by atoms with van der Waals surface area (Å²) in [6.07, 6.45) is 4.89. The van der Waals surface area contributed by atoms with Crippen molar-refractivity contribution in [3.8, 4) is 0 Å². The van der Waals surface area contributed by atoms with E-state index in [0.29, 0.717) is 25.8 Å². The number of hydrogen-bond donors (Lipinski definition) is 1. The largest absolute Gasteiger partial charge is 0.342 e. The van der Waals surface area contributed by atoms with E-state index < -0.39 is 5.54 Å². The van der Waals surface area contributed by atoms with E-state index >= 15 is 0 Å². The van der Waals surface area contributed by atoms with E-state index in [1.807, 2.05) is 26.8 Å². The molecule has 5 heteroatoms. The fraction of sp³-hybridized carbons (Fsp3) is 0.533. The zero-order valence-corrected chi connectivity index (χ0v) is 12.3. The van der Waals surface area contributed by atoms with Crippen molar-refractivity contribution < 1.29 is 9.59 Å². The summed E-state index contributed by atoms with van der Waals surface area (Å²) in [7, 11) is 0. The zero-order chi connectivity index (χ0) is 14.8. The Balaban J connectivity index is 2.46. The van der Waals surface area contributed by atoms with Crippen molar-refractivity contribution in [3.05, 3.63) is 24.0 Å². The molecule has 108 valence electrons. The van der Waals surface area contributed by atoms with Crippen molar-refractivity contribution in [2.45, 2.75) is 45.6 Å². The molecular weight excluding hydrogens is 254 g/mol. The quantitative estimate of drug-likeness (QED) is 0.915. The summed E-state index contributed by atoms with van der Waals surface area (Å²) in [6, 6.07) is 1.88. The molecule has 1 N–H and O–H groups in total. The molecule has 1 aromatic heterocycles. The molecule has 1 aliphatic heterocycles. The Morgan fingerprint density at radius 1 is 1.35 bits per heavy atom. The molecule has 0 aromatic carbocycles. The lowest BCUT2D eigenvalue weighted by atomic mass is 9.91. The molecule has 2 rings (SSSR count). The van der Waals surface area contributed by atoms with Crippen molar-refractivity contribution in [3.63, 3.8) is 0 Å². The van der Waals surface area contributed by atoms with Gasteiger partial charge in [0.2, 0.25) is 5.91 Å². The number of anilines is 1. The number of nitrogens with zero attached hydrogens (tertiary/aromatic N) is 2. The summed E-state index contributed by atoms with van der Waals surface area (Å²) in [5.41, 5.74) is 0.986. The molecule has 2 heterocycles. The molecular formula is C15H21N3O2. The van der Waals surface area contributed by atoms with Gasteiger partial charge in [-0.3, -0.25) is 14.6 Å². The van der Waals surface area contributed by atoms with Crippen LogP contribution in [0.25, 0.3) is 0 Å². The van der Waals surface area contributed by atoms with Gasteiger partial charge in [-0.05, 0) is 31.4 Å². The summed E-state index contributed by atoms with van der Waals surface area (Å²) in [5, 5.41) is 2.91. The third-order valence-corrected chi connectivity index (χ3v) is 4.11. The van der Waals surface area contributed by atoms with Gasteiger partial charge in [0.1, 0.15) is 5.54 Å². The van der Waals surface area contributed by atoms with Crippen LogP contribution in [0.1, 0.15) is 38.7 Å². The van der Waals surface area contributed by atoms with Gasteiger partial charge in [-0.1, -0.05) is 13.8 Å². The molecule has 1 saturated heterocycles. The molecule has 0 atom stereocenters. The average Bonchev–Trinajstić information content (AvgIpc) is 2.58. The maximum atomic E-state index is 12.9. The number of carbonyl (C=O) groups excluding carboxylic acids is 2. The Bertz CT molecular complexity index is 524. The third kappa shape index (κ3) is 2.40. The van der Waals surface area contributed by atoms with Crippen LogP contribution in [0.4, 0.5) is 5.69 Å². The molecule has 0 spiro atoms. The Morgan fingerprint density at radius 2 is 2.05 bits per heavy atom. The van der Waals surface area contributed by atoms with Crippen LogP contribution in [-0.4, -0.2) is 28.9 Å². The van der Waals surface area contributed by atoms with Gasteiger partial charge < -0.3 is 10.2 Å². The van der Waals surface area contributed by atoms with Gasteiger partial charge in [-0.15, -0.1) is 0 Å². The summed E-state index contributed by atoms with van der Waals surface area (Å²) < 4.78 is 0. The number of hydrogen-bond acceptors (Lipinski definition) is 3. The highest BCUT2D eigenvalue weighted by Crippen LogP contribution is 2.27. The maximum absolute atomic E-state index is 12.9. The van der Waals surface area contributed by atoms with E-state index in [1.165, 1.54) is 0 Å². The van der Waals surface area contributed by atoms with E-state index in [9.17, 15) is 9.59 Å². The summed E-state index contributed by atoms with van der Waals surface area (Å²) in [5.74, 6) is -0.101. The number of rotatable bonds is 3. The first-order valence-corrected chi connectivity index (χ1v) is 7.07. The highest BCUT2D eigenvalue weighted by molar-refractivity contribution is 6.04. The van der Waals surface area contributed by atoms with Gasteiger partial charge in [0.25, 0.3) is 5.91 Å². The number of nitrogens with one attached hydrogen (secondary N) is 1. The molecule has 20 heavy (non-hydrogen) atoms. The minimum absolute atomic E-state index is 0.0375. The number of carbonyl (C=O) groups is 2. The lowest BCUT2D eigenvalue weighted by Crippen LogP contribution is -2.56. The Kier molecular flexibility index (Phi) is 4.06. The molecule has 1 aliphatic rings. The molecule has 0 radical (unpaired) electrons. The van der Waals surface area contributed by atoms with Crippen LogP contribution in [0.5, 0.6) is 0 Å². The number of aromatic nitrogens is 1. The van der Waals surface area contributed by atoms with Crippen LogP contribution in [0.15, 0.2) is 18.5 Å². The van der Waals surface area contributed by atoms with Crippen LogP contribution < -0.4 is 10.2 Å². The van der Waals surface area contributed by atoms with Gasteiger partial charge in [0.15, 0.2) is 0 Å². The van der Waals surface area contributed by atoms with Gasteiger partial charge >= 0.3 is 0 Å².